The molecular formula is C8H15F3N2O2S. The lowest BCUT2D eigenvalue weighted by Gasteiger charge is -2.21. The molecule has 0 aromatic heterocycles. The molecule has 0 spiro atoms. The number of aliphatic hydroxyl groups is 1. The third kappa shape index (κ3) is 4.93. The SMILES string of the molecule is CC(O)C(C)SCC(C(N)=NO)C(F)(F)F. The van der Waals surface area contributed by atoms with Crippen LogP contribution in [-0.4, -0.2) is 39.4 Å². The van der Waals surface area contributed by atoms with Crippen LogP contribution in [0.4, 0.5) is 13.2 Å². The summed E-state index contributed by atoms with van der Waals surface area (Å²) in [7, 11) is 0. The van der Waals surface area contributed by atoms with Crippen LogP contribution in [-0.2, 0) is 0 Å². The molecule has 0 aromatic rings. The number of halogens is 3. The summed E-state index contributed by atoms with van der Waals surface area (Å²) in [5, 5.41) is 19.4. The average molecular weight is 260 g/mol. The van der Waals surface area contributed by atoms with E-state index in [9.17, 15) is 13.2 Å². The van der Waals surface area contributed by atoms with Crippen LogP contribution in [0, 0.1) is 5.92 Å². The molecule has 0 aliphatic carbocycles. The highest BCUT2D eigenvalue weighted by Gasteiger charge is 2.42. The molecule has 0 saturated carbocycles. The molecule has 3 unspecified atom stereocenters. The second-order valence-corrected chi connectivity index (χ2v) is 4.81. The lowest BCUT2D eigenvalue weighted by molar-refractivity contribution is -0.150. The van der Waals surface area contributed by atoms with Crippen molar-refractivity contribution in [3.8, 4) is 0 Å². The first-order chi connectivity index (χ1) is 7.20. The molecule has 96 valence electrons. The Morgan fingerprint density at radius 1 is 1.44 bits per heavy atom. The number of nitrogens with two attached hydrogens (primary N) is 1. The van der Waals surface area contributed by atoms with Gasteiger partial charge in [-0.1, -0.05) is 12.1 Å². The van der Waals surface area contributed by atoms with E-state index in [4.69, 9.17) is 16.0 Å². The Morgan fingerprint density at radius 2 is 1.94 bits per heavy atom. The molecule has 0 aromatic carbocycles. The Balaban J connectivity index is 4.47. The highest BCUT2D eigenvalue weighted by atomic mass is 32.2. The highest BCUT2D eigenvalue weighted by Crippen LogP contribution is 2.31. The summed E-state index contributed by atoms with van der Waals surface area (Å²) in [4.78, 5) is 0. The Labute approximate surface area is 95.7 Å². The zero-order valence-electron chi connectivity index (χ0n) is 8.90. The molecule has 0 saturated heterocycles. The third-order valence-corrected chi connectivity index (χ3v) is 3.52. The van der Waals surface area contributed by atoms with Crippen LogP contribution < -0.4 is 5.73 Å². The first kappa shape index (κ1) is 15.4. The van der Waals surface area contributed by atoms with Crippen molar-refractivity contribution in [1.82, 2.24) is 0 Å². The van der Waals surface area contributed by atoms with Gasteiger partial charge in [0.1, 0.15) is 5.92 Å². The minimum atomic E-state index is -4.55. The van der Waals surface area contributed by atoms with Gasteiger partial charge in [-0.15, -0.1) is 0 Å². The van der Waals surface area contributed by atoms with E-state index in [1.165, 1.54) is 6.92 Å². The van der Waals surface area contributed by atoms with Crippen LogP contribution in [0.5, 0.6) is 0 Å². The molecule has 0 radical (unpaired) electrons. The van der Waals surface area contributed by atoms with E-state index in [2.05, 4.69) is 5.16 Å². The second-order valence-electron chi connectivity index (χ2n) is 3.40. The number of nitrogens with zero attached hydrogens (tertiary/aromatic N) is 1. The van der Waals surface area contributed by atoms with Crippen molar-refractivity contribution in [3.63, 3.8) is 0 Å². The summed E-state index contributed by atoms with van der Waals surface area (Å²) >= 11 is 0.921. The van der Waals surface area contributed by atoms with E-state index >= 15 is 0 Å². The molecule has 16 heavy (non-hydrogen) atoms. The van der Waals surface area contributed by atoms with E-state index in [0.717, 1.165) is 11.8 Å². The summed E-state index contributed by atoms with van der Waals surface area (Å²) in [6, 6.07) is 0. The predicted molar refractivity (Wildman–Crippen MR) is 56.6 cm³/mol. The van der Waals surface area contributed by atoms with Crippen molar-refractivity contribution in [3.05, 3.63) is 0 Å². The lowest BCUT2D eigenvalue weighted by Crippen LogP contribution is -2.38. The van der Waals surface area contributed by atoms with Crippen LogP contribution in [0.2, 0.25) is 0 Å². The number of oxime groups is 1. The fourth-order valence-corrected chi connectivity index (χ4v) is 1.94. The van der Waals surface area contributed by atoms with Crippen LogP contribution >= 0.6 is 11.8 Å². The van der Waals surface area contributed by atoms with Gasteiger partial charge in [0.25, 0.3) is 0 Å². The maximum atomic E-state index is 12.5. The van der Waals surface area contributed by atoms with Crippen molar-refractivity contribution < 1.29 is 23.5 Å². The zero-order chi connectivity index (χ0) is 12.9. The summed E-state index contributed by atoms with van der Waals surface area (Å²) < 4.78 is 37.4. The largest absolute Gasteiger partial charge is 0.409 e. The number of aliphatic hydroxyl groups excluding tert-OH is 1. The molecule has 0 bridgehead atoms. The van der Waals surface area contributed by atoms with Crippen molar-refractivity contribution in [2.75, 3.05) is 5.75 Å². The van der Waals surface area contributed by atoms with Gasteiger partial charge >= 0.3 is 6.18 Å². The van der Waals surface area contributed by atoms with Crippen LogP contribution in [0.25, 0.3) is 0 Å². The first-order valence-electron chi connectivity index (χ1n) is 4.54. The predicted octanol–water partition coefficient (Wildman–Crippen LogP) is 1.41. The molecule has 0 amide bonds. The van der Waals surface area contributed by atoms with Gasteiger partial charge in [0.15, 0.2) is 5.84 Å². The average Bonchev–Trinajstić information content (AvgIpc) is 2.14. The summed E-state index contributed by atoms with van der Waals surface area (Å²) in [5.41, 5.74) is 4.97. The quantitative estimate of drug-likeness (QED) is 0.302. The van der Waals surface area contributed by atoms with Crippen molar-refractivity contribution in [2.45, 2.75) is 31.4 Å². The fraction of sp³-hybridized carbons (Fsp3) is 0.875. The number of rotatable bonds is 5. The topological polar surface area (TPSA) is 78.8 Å². The molecule has 0 aliphatic heterocycles. The monoisotopic (exact) mass is 260 g/mol. The standard InChI is InChI=1S/C8H15F3N2O2S/c1-4(14)5(2)16-3-6(7(12)13-15)8(9,10)11/h4-6,14-15H,3H2,1-2H3,(H2,12,13). The third-order valence-electron chi connectivity index (χ3n) is 2.07. The van der Waals surface area contributed by atoms with Crippen molar-refractivity contribution in [1.29, 1.82) is 0 Å². The smallest absolute Gasteiger partial charge is 0.399 e. The maximum Gasteiger partial charge on any atom is 0.399 e. The minimum absolute atomic E-state index is 0.351. The van der Waals surface area contributed by atoms with Gasteiger partial charge in [0.05, 0.1) is 6.10 Å². The molecule has 3 atom stereocenters. The van der Waals surface area contributed by atoms with E-state index < -0.39 is 24.0 Å². The van der Waals surface area contributed by atoms with Gasteiger partial charge in [-0.2, -0.15) is 24.9 Å². The Morgan fingerprint density at radius 3 is 2.25 bits per heavy atom. The number of amidine groups is 1. The van der Waals surface area contributed by atoms with E-state index in [0.29, 0.717) is 0 Å². The second kappa shape index (κ2) is 6.19. The molecule has 0 rings (SSSR count). The van der Waals surface area contributed by atoms with Crippen LogP contribution in [0.1, 0.15) is 13.8 Å². The van der Waals surface area contributed by atoms with Crippen molar-refractivity contribution in [2.24, 2.45) is 16.8 Å². The van der Waals surface area contributed by atoms with Crippen LogP contribution in [0.3, 0.4) is 0 Å². The van der Waals surface area contributed by atoms with E-state index in [-0.39, 0.29) is 11.0 Å². The zero-order valence-corrected chi connectivity index (χ0v) is 9.72. The Kier molecular flexibility index (Phi) is 5.95. The van der Waals surface area contributed by atoms with Gasteiger partial charge < -0.3 is 16.0 Å². The van der Waals surface area contributed by atoms with Gasteiger partial charge in [0.2, 0.25) is 0 Å². The summed E-state index contributed by atoms with van der Waals surface area (Å²) in [6.07, 6.45) is -5.27. The molecule has 0 aliphatic rings. The van der Waals surface area contributed by atoms with Gasteiger partial charge in [-0.25, -0.2) is 0 Å². The molecule has 4 nitrogen and oxygen atoms in total. The number of hydrogen-bond acceptors (Lipinski definition) is 4. The molecule has 4 N–H and O–H groups in total. The number of thioether (sulfide) groups is 1. The molecule has 0 fully saturated rings. The molecule has 8 heteroatoms. The van der Waals surface area contributed by atoms with Gasteiger partial charge in [0, 0.05) is 11.0 Å². The maximum absolute atomic E-state index is 12.5. The fourth-order valence-electron chi connectivity index (χ4n) is 0.805. The van der Waals surface area contributed by atoms with Gasteiger partial charge in [-0.05, 0) is 6.92 Å². The number of hydrogen-bond donors (Lipinski definition) is 3. The van der Waals surface area contributed by atoms with E-state index in [1.807, 2.05) is 0 Å². The van der Waals surface area contributed by atoms with Crippen LogP contribution in [0.15, 0.2) is 5.16 Å². The lowest BCUT2D eigenvalue weighted by atomic mass is 10.1. The van der Waals surface area contributed by atoms with Gasteiger partial charge in [-0.3, -0.25) is 0 Å². The van der Waals surface area contributed by atoms with E-state index in [1.54, 1.807) is 6.92 Å². The summed E-state index contributed by atoms with van der Waals surface area (Å²) in [5.74, 6) is -3.24. The Hall–Kier alpha value is -0.630. The normalized spacial score (nSPS) is 19.2. The molecular weight excluding hydrogens is 245 g/mol. The molecule has 0 heterocycles. The number of alkyl halides is 3. The van der Waals surface area contributed by atoms with Crippen molar-refractivity contribution >= 4 is 17.6 Å². The Bertz CT molecular complexity index is 246. The summed E-state index contributed by atoms with van der Waals surface area (Å²) in [6.45, 7) is 3.10. The first-order valence-corrected chi connectivity index (χ1v) is 5.58. The minimum Gasteiger partial charge on any atom is -0.409 e. The highest BCUT2D eigenvalue weighted by molar-refractivity contribution is 7.99.